The standard InChI is InChI=1S/C17H22N4/c1-12(2)10-19-11-15-5-6-17(16(8-15)9-18)21-14(4)7-13(3)20-21/h5-8,12,19H,10-11H2,1-4H3. The SMILES string of the molecule is Cc1cc(C)n(-c2ccc(CNCC(C)C)cc2C#N)n1. The van der Waals surface area contributed by atoms with E-state index in [1.54, 1.807) is 0 Å². The van der Waals surface area contributed by atoms with Crippen LogP contribution in [0.3, 0.4) is 0 Å². The molecule has 1 N–H and O–H groups in total. The molecule has 0 saturated heterocycles. The van der Waals surface area contributed by atoms with Crippen molar-refractivity contribution < 1.29 is 0 Å². The van der Waals surface area contributed by atoms with Gasteiger partial charge in [0, 0.05) is 12.2 Å². The van der Waals surface area contributed by atoms with Crippen molar-refractivity contribution in [3.63, 3.8) is 0 Å². The first-order chi connectivity index (χ1) is 10.0. The van der Waals surface area contributed by atoms with Gasteiger partial charge in [-0.15, -0.1) is 0 Å². The third-order valence-electron chi connectivity index (χ3n) is 3.30. The maximum atomic E-state index is 9.40. The average molecular weight is 282 g/mol. The summed E-state index contributed by atoms with van der Waals surface area (Å²) in [5.74, 6) is 0.620. The number of nitrogens with zero attached hydrogens (tertiary/aromatic N) is 3. The van der Waals surface area contributed by atoms with Gasteiger partial charge < -0.3 is 5.32 Å². The third kappa shape index (κ3) is 3.71. The van der Waals surface area contributed by atoms with Crippen molar-refractivity contribution in [3.8, 4) is 11.8 Å². The lowest BCUT2D eigenvalue weighted by Crippen LogP contribution is -2.19. The molecule has 4 heteroatoms. The molecule has 0 aliphatic carbocycles. The van der Waals surface area contributed by atoms with E-state index >= 15 is 0 Å². The number of aryl methyl sites for hydroxylation is 2. The van der Waals surface area contributed by atoms with Crippen LogP contribution in [0.25, 0.3) is 5.69 Å². The molecule has 2 rings (SSSR count). The van der Waals surface area contributed by atoms with Gasteiger partial charge in [-0.3, -0.25) is 0 Å². The summed E-state index contributed by atoms with van der Waals surface area (Å²) < 4.78 is 1.83. The van der Waals surface area contributed by atoms with Crippen LogP contribution in [0.15, 0.2) is 24.3 Å². The Morgan fingerprint density at radius 2 is 2.05 bits per heavy atom. The van der Waals surface area contributed by atoms with Gasteiger partial charge in [-0.1, -0.05) is 19.9 Å². The Labute approximate surface area is 126 Å². The molecular weight excluding hydrogens is 260 g/mol. The van der Waals surface area contributed by atoms with Crippen molar-refractivity contribution in [3.05, 3.63) is 46.8 Å². The minimum absolute atomic E-state index is 0.620. The molecule has 0 spiro atoms. The van der Waals surface area contributed by atoms with Crippen LogP contribution in [0, 0.1) is 31.1 Å². The highest BCUT2D eigenvalue weighted by molar-refractivity contribution is 5.51. The molecule has 0 atom stereocenters. The van der Waals surface area contributed by atoms with Crippen LogP contribution >= 0.6 is 0 Å². The molecule has 0 radical (unpaired) electrons. The van der Waals surface area contributed by atoms with E-state index in [1.807, 2.05) is 36.7 Å². The Kier molecular flexibility index (Phi) is 4.77. The van der Waals surface area contributed by atoms with E-state index in [4.69, 9.17) is 0 Å². The monoisotopic (exact) mass is 282 g/mol. The smallest absolute Gasteiger partial charge is 0.101 e. The van der Waals surface area contributed by atoms with Gasteiger partial charge in [0.05, 0.1) is 16.9 Å². The van der Waals surface area contributed by atoms with Crippen molar-refractivity contribution in [2.24, 2.45) is 5.92 Å². The highest BCUT2D eigenvalue weighted by Gasteiger charge is 2.09. The Morgan fingerprint density at radius 3 is 2.62 bits per heavy atom. The Morgan fingerprint density at radius 1 is 1.29 bits per heavy atom. The quantitative estimate of drug-likeness (QED) is 0.916. The molecule has 0 aliphatic rings. The zero-order valence-corrected chi connectivity index (χ0v) is 13.1. The number of benzene rings is 1. The van der Waals surface area contributed by atoms with Gasteiger partial charge in [-0.25, -0.2) is 4.68 Å². The number of nitrogens with one attached hydrogen (secondary N) is 1. The van der Waals surface area contributed by atoms with Gasteiger partial charge >= 0.3 is 0 Å². The summed E-state index contributed by atoms with van der Waals surface area (Å²) in [7, 11) is 0. The van der Waals surface area contributed by atoms with Crippen LogP contribution in [0.2, 0.25) is 0 Å². The zero-order chi connectivity index (χ0) is 15.4. The molecule has 0 amide bonds. The molecule has 0 unspecified atom stereocenters. The van der Waals surface area contributed by atoms with Crippen LogP contribution in [0.4, 0.5) is 0 Å². The molecule has 21 heavy (non-hydrogen) atoms. The zero-order valence-electron chi connectivity index (χ0n) is 13.1. The number of rotatable bonds is 5. The predicted molar refractivity (Wildman–Crippen MR) is 84.3 cm³/mol. The normalized spacial score (nSPS) is 10.9. The largest absolute Gasteiger partial charge is 0.312 e. The molecule has 4 nitrogen and oxygen atoms in total. The fourth-order valence-electron chi connectivity index (χ4n) is 2.35. The predicted octanol–water partition coefficient (Wildman–Crippen LogP) is 3.11. The highest BCUT2D eigenvalue weighted by atomic mass is 15.3. The molecule has 1 aromatic heterocycles. The maximum Gasteiger partial charge on any atom is 0.101 e. The Balaban J connectivity index is 2.25. The molecule has 0 aliphatic heterocycles. The first-order valence-electron chi connectivity index (χ1n) is 7.28. The second kappa shape index (κ2) is 6.55. The second-order valence-corrected chi connectivity index (χ2v) is 5.83. The fourth-order valence-corrected chi connectivity index (χ4v) is 2.35. The molecule has 0 saturated carbocycles. The van der Waals surface area contributed by atoms with Gasteiger partial charge in [-0.2, -0.15) is 10.4 Å². The molecule has 110 valence electrons. The van der Waals surface area contributed by atoms with E-state index in [0.29, 0.717) is 11.5 Å². The molecule has 2 aromatic rings. The Hall–Kier alpha value is -2.12. The van der Waals surface area contributed by atoms with Crippen LogP contribution in [0.5, 0.6) is 0 Å². The highest BCUT2D eigenvalue weighted by Crippen LogP contribution is 2.18. The first kappa shape index (κ1) is 15.3. The van der Waals surface area contributed by atoms with Gasteiger partial charge in [0.25, 0.3) is 0 Å². The van der Waals surface area contributed by atoms with Gasteiger partial charge in [0.15, 0.2) is 0 Å². The molecule has 1 heterocycles. The number of hydrogen-bond acceptors (Lipinski definition) is 3. The number of aromatic nitrogens is 2. The minimum atomic E-state index is 0.620. The van der Waals surface area contributed by atoms with Crippen molar-refractivity contribution >= 4 is 0 Å². The summed E-state index contributed by atoms with van der Waals surface area (Å²) >= 11 is 0. The molecular formula is C17H22N4. The summed E-state index contributed by atoms with van der Waals surface area (Å²) in [6, 6.07) is 10.3. The Bertz CT molecular complexity index is 662. The summed E-state index contributed by atoms with van der Waals surface area (Å²) in [5.41, 5.74) is 4.62. The van der Waals surface area contributed by atoms with Gasteiger partial charge in [0.2, 0.25) is 0 Å². The van der Waals surface area contributed by atoms with Crippen molar-refractivity contribution in [1.82, 2.24) is 15.1 Å². The summed E-state index contributed by atoms with van der Waals surface area (Å²) in [6.07, 6.45) is 0. The number of hydrogen-bond donors (Lipinski definition) is 1. The van der Waals surface area contributed by atoms with Gasteiger partial charge in [-0.05, 0) is 50.1 Å². The van der Waals surface area contributed by atoms with Crippen molar-refractivity contribution in [2.45, 2.75) is 34.2 Å². The fraction of sp³-hybridized carbons (Fsp3) is 0.412. The molecule has 1 aromatic carbocycles. The van der Waals surface area contributed by atoms with Crippen LogP contribution < -0.4 is 5.32 Å². The van der Waals surface area contributed by atoms with Crippen LogP contribution in [0.1, 0.15) is 36.4 Å². The summed E-state index contributed by atoms with van der Waals surface area (Å²) in [5, 5.41) is 17.3. The van der Waals surface area contributed by atoms with E-state index in [-0.39, 0.29) is 0 Å². The van der Waals surface area contributed by atoms with E-state index in [0.717, 1.165) is 35.7 Å². The van der Waals surface area contributed by atoms with E-state index in [2.05, 4.69) is 36.4 Å². The topological polar surface area (TPSA) is 53.6 Å². The molecule has 0 bridgehead atoms. The van der Waals surface area contributed by atoms with E-state index < -0.39 is 0 Å². The van der Waals surface area contributed by atoms with Crippen LogP contribution in [-0.2, 0) is 6.54 Å². The second-order valence-electron chi connectivity index (χ2n) is 5.83. The van der Waals surface area contributed by atoms with E-state index in [1.165, 1.54) is 0 Å². The number of nitriles is 1. The van der Waals surface area contributed by atoms with Crippen molar-refractivity contribution in [1.29, 1.82) is 5.26 Å². The lowest BCUT2D eigenvalue weighted by atomic mass is 10.1. The minimum Gasteiger partial charge on any atom is -0.312 e. The summed E-state index contributed by atoms with van der Waals surface area (Å²) in [4.78, 5) is 0. The average Bonchev–Trinajstić information content (AvgIpc) is 2.77. The first-order valence-corrected chi connectivity index (χ1v) is 7.28. The third-order valence-corrected chi connectivity index (χ3v) is 3.30. The van der Waals surface area contributed by atoms with Gasteiger partial charge in [0.1, 0.15) is 6.07 Å². The lowest BCUT2D eigenvalue weighted by molar-refractivity contribution is 0.552. The van der Waals surface area contributed by atoms with Crippen molar-refractivity contribution in [2.75, 3.05) is 6.54 Å². The lowest BCUT2D eigenvalue weighted by Gasteiger charge is -2.10. The maximum absolute atomic E-state index is 9.40. The van der Waals surface area contributed by atoms with Crippen LogP contribution in [-0.4, -0.2) is 16.3 Å². The molecule has 0 fully saturated rings. The summed E-state index contributed by atoms with van der Waals surface area (Å²) in [6.45, 7) is 10.1. The van der Waals surface area contributed by atoms with E-state index in [9.17, 15) is 5.26 Å².